The molecule has 0 aliphatic carbocycles. The average molecular weight is 202 g/mol. The number of ketones is 1. The maximum Gasteiger partial charge on any atom is 0.231 e. The maximum atomic E-state index is 11.0. The Morgan fingerprint density at radius 3 is 2.93 bits per heavy atom. The summed E-state index contributed by atoms with van der Waals surface area (Å²) in [7, 11) is 0. The van der Waals surface area contributed by atoms with E-state index >= 15 is 0 Å². The van der Waals surface area contributed by atoms with E-state index in [1.807, 2.05) is 18.2 Å². The molecule has 0 unspecified atom stereocenters. The minimum atomic E-state index is -0.118. The van der Waals surface area contributed by atoms with Gasteiger partial charge in [-0.15, -0.1) is 0 Å². The maximum absolute atomic E-state index is 11.0. The van der Waals surface area contributed by atoms with Crippen LogP contribution in [0.1, 0.15) is 5.56 Å². The second-order valence-electron chi connectivity index (χ2n) is 3.05. The van der Waals surface area contributed by atoms with E-state index in [0.717, 1.165) is 11.3 Å². The number of carbonyl (C=O) groups excluding carboxylic acids is 1. The summed E-state index contributed by atoms with van der Waals surface area (Å²) in [5, 5.41) is 0. The molecular weight excluding hydrogens is 192 g/mol. The zero-order chi connectivity index (χ0) is 10.7. The first-order chi connectivity index (χ1) is 7.29. The van der Waals surface area contributed by atoms with Crippen molar-refractivity contribution in [2.24, 2.45) is 0 Å². The summed E-state index contributed by atoms with van der Waals surface area (Å²) in [6.07, 6.45) is 4.44. The summed E-state index contributed by atoms with van der Waals surface area (Å²) in [6.45, 7) is 3.64. The molecule has 3 heteroatoms. The molecule has 0 saturated carbocycles. The topological polar surface area (TPSA) is 35.5 Å². The third-order valence-corrected chi connectivity index (χ3v) is 2.04. The molecule has 3 nitrogen and oxygen atoms in total. The van der Waals surface area contributed by atoms with E-state index in [9.17, 15) is 4.79 Å². The van der Waals surface area contributed by atoms with Gasteiger partial charge >= 0.3 is 0 Å². The molecule has 0 amide bonds. The molecule has 0 aromatic heterocycles. The van der Waals surface area contributed by atoms with Gasteiger partial charge in [0, 0.05) is 0 Å². The summed E-state index contributed by atoms with van der Waals surface area (Å²) < 4.78 is 10.4. The SMILES string of the molecule is C=CC(=O)/C=C/c1ccc2c(c1)OCO2. The van der Waals surface area contributed by atoms with Gasteiger partial charge < -0.3 is 9.47 Å². The molecule has 1 aliphatic heterocycles. The van der Waals surface area contributed by atoms with Gasteiger partial charge in [0.25, 0.3) is 0 Å². The summed E-state index contributed by atoms with van der Waals surface area (Å²) in [6, 6.07) is 5.51. The Balaban J connectivity index is 2.20. The van der Waals surface area contributed by atoms with Crippen LogP contribution in [0.15, 0.2) is 36.9 Å². The zero-order valence-corrected chi connectivity index (χ0v) is 8.10. The highest BCUT2D eigenvalue weighted by Gasteiger charge is 2.11. The minimum Gasteiger partial charge on any atom is -0.454 e. The van der Waals surface area contributed by atoms with Crippen molar-refractivity contribution < 1.29 is 14.3 Å². The van der Waals surface area contributed by atoms with Crippen molar-refractivity contribution in [2.75, 3.05) is 6.79 Å². The predicted molar refractivity (Wildman–Crippen MR) is 56.8 cm³/mol. The highest BCUT2D eigenvalue weighted by atomic mass is 16.7. The van der Waals surface area contributed by atoms with Gasteiger partial charge in [0.1, 0.15) is 0 Å². The number of hydrogen-bond donors (Lipinski definition) is 0. The van der Waals surface area contributed by atoms with Crippen LogP contribution >= 0.6 is 0 Å². The minimum absolute atomic E-state index is 0.118. The van der Waals surface area contributed by atoms with Crippen LogP contribution in [0.4, 0.5) is 0 Å². The van der Waals surface area contributed by atoms with Crippen LogP contribution in [-0.2, 0) is 4.79 Å². The van der Waals surface area contributed by atoms with Gasteiger partial charge in [-0.3, -0.25) is 4.79 Å². The monoisotopic (exact) mass is 202 g/mol. The molecule has 0 saturated heterocycles. The Hall–Kier alpha value is -2.03. The molecule has 2 rings (SSSR count). The lowest BCUT2D eigenvalue weighted by atomic mass is 10.1. The summed E-state index contributed by atoms with van der Waals surface area (Å²) >= 11 is 0. The van der Waals surface area contributed by atoms with E-state index in [-0.39, 0.29) is 12.6 Å². The summed E-state index contributed by atoms with van der Waals surface area (Å²) in [4.78, 5) is 11.0. The van der Waals surface area contributed by atoms with E-state index in [4.69, 9.17) is 9.47 Å². The number of ether oxygens (including phenoxy) is 2. The summed E-state index contributed by atoms with van der Waals surface area (Å²) in [5.41, 5.74) is 0.898. The lowest BCUT2D eigenvalue weighted by molar-refractivity contribution is -0.110. The molecule has 0 fully saturated rings. The molecule has 0 atom stereocenters. The van der Waals surface area contributed by atoms with Gasteiger partial charge in [0.2, 0.25) is 6.79 Å². The number of carbonyl (C=O) groups is 1. The Kier molecular flexibility index (Phi) is 2.54. The summed E-state index contributed by atoms with van der Waals surface area (Å²) in [5.74, 6) is 1.33. The first-order valence-electron chi connectivity index (χ1n) is 4.54. The Labute approximate surface area is 87.6 Å². The second-order valence-corrected chi connectivity index (χ2v) is 3.05. The van der Waals surface area contributed by atoms with Gasteiger partial charge in [-0.2, -0.15) is 0 Å². The molecule has 0 N–H and O–H groups in total. The van der Waals surface area contributed by atoms with E-state index in [2.05, 4.69) is 6.58 Å². The Bertz CT molecular complexity index is 432. The van der Waals surface area contributed by atoms with Crippen LogP contribution in [0, 0.1) is 0 Å². The van der Waals surface area contributed by atoms with E-state index < -0.39 is 0 Å². The number of fused-ring (bicyclic) bond motifs is 1. The van der Waals surface area contributed by atoms with Crippen molar-refractivity contribution in [3.8, 4) is 11.5 Å². The second kappa shape index (κ2) is 4.00. The number of allylic oxidation sites excluding steroid dienone is 2. The predicted octanol–water partition coefficient (Wildman–Crippen LogP) is 2.18. The fourth-order valence-corrected chi connectivity index (χ4v) is 1.26. The molecule has 1 aliphatic rings. The molecule has 0 spiro atoms. The van der Waals surface area contributed by atoms with Crippen LogP contribution in [0.25, 0.3) is 6.08 Å². The molecular formula is C12H10O3. The lowest BCUT2D eigenvalue weighted by Gasteiger charge is -1.96. The molecule has 76 valence electrons. The van der Waals surface area contributed by atoms with Crippen LogP contribution in [-0.4, -0.2) is 12.6 Å². The van der Waals surface area contributed by atoms with Gasteiger partial charge in [-0.1, -0.05) is 18.7 Å². The van der Waals surface area contributed by atoms with Crippen molar-refractivity contribution in [2.45, 2.75) is 0 Å². The van der Waals surface area contributed by atoms with Gasteiger partial charge in [-0.05, 0) is 29.8 Å². The zero-order valence-electron chi connectivity index (χ0n) is 8.10. The Morgan fingerprint density at radius 2 is 2.13 bits per heavy atom. The third kappa shape index (κ3) is 2.07. The van der Waals surface area contributed by atoms with Crippen LogP contribution in [0.5, 0.6) is 11.5 Å². The molecule has 1 aromatic carbocycles. The number of hydrogen-bond acceptors (Lipinski definition) is 3. The fraction of sp³-hybridized carbons (Fsp3) is 0.0833. The van der Waals surface area contributed by atoms with Crippen molar-refractivity contribution in [3.63, 3.8) is 0 Å². The van der Waals surface area contributed by atoms with Crippen LogP contribution in [0.2, 0.25) is 0 Å². The first kappa shape index (κ1) is 9.52. The number of rotatable bonds is 3. The van der Waals surface area contributed by atoms with E-state index in [1.165, 1.54) is 12.2 Å². The fourth-order valence-electron chi connectivity index (χ4n) is 1.26. The van der Waals surface area contributed by atoms with Crippen molar-refractivity contribution in [1.82, 2.24) is 0 Å². The van der Waals surface area contributed by atoms with Gasteiger partial charge in [0.15, 0.2) is 17.3 Å². The molecule has 0 bridgehead atoms. The Morgan fingerprint density at radius 1 is 1.33 bits per heavy atom. The smallest absolute Gasteiger partial charge is 0.231 e. The quantitative estimate of drug-likeness (QED) is 0.705. The van der Waals surface area contributed by atoms with Crippen molar-refractivity contribution >= 4 is 11.9 Å². The van der Waals surface area contributed by atoms with Crippen molar-refractivity contribution in [3.05, 3.63) is 42.5 Å². The molecule has 0 radical (unpaired) electrons. The number of benzene rings is 1. The van der Waals surface area contributed by atoms with Crippen LogP contribution < -0.4 is 9.47 Å². The van der Waals surface area contributed by atoms with Gasteiger partial charge in [0.05, 0.1) is 0 Å². The highest BCUT2D eigenvalue weighted by molar-refractivity contribution is 6.01. The standard InChI is InChI=1S/C12H10O3/c1-2-10(13)5-3-9-4-6-11-12(7-9)15-8-14-11/h2-7H,1,8H2/b5-3+. The third-order valence-electron chi connectivity index (χ3n) is 2.04. The van der Waals surface area contributed by atoms with Crippen LogP contribution in [0.3, 0.4) is 0 Å². The van der Waals surface area contributed by atoms with E-state index in [0.29, 0.717) is 5.75 Å². The average Bonchev–Trinajstić information content (AvgIpc) is 2.72. The van der Waals surface area contributed by atoms with Gasteiger partial charge in [-0.25, -0.2) is 0 Å². The largest absolute Gasteiger partial charge is 0.454 e. The molecule has 1 aromatic rings. The first-order valence-corrected chi connectivity index (χ1v) is 4.54. The normalized spacial score (nSPS) is 13.1. The highest BCUT2D eigenvalue weighted by Crippen LogP contribution is 2.32. The molecule has 1 heterocycles. The van der Waals surface area contributed by atoms with Crippen molar-refractivity contribution in [1.29, 1.82) is 0 Å². The molecule has 15 heavy (non-hydrogen) atoms. The lowest BCUT2D eigenvalue weighted by Crippen LogP contribution is -1.92. The van der Waals surface area contributed by atoms with E-state index in [1.54, 1.807) is 6.08 Å².